The first-order chi connectivity index (χ1) is 8.50. The summed E-state index contributed by atoms with van der Waals surface area (Å²) in [6.45, 7) is 1.61. The molecule has 1 aromatic heterocycles. The van der Waals surface area contributed by atoms with Crippen LogP contribution in [0.2, 0.25) is 5.02 Å². The fraction of sp³-hybridized carbons (Fsp3) is 0.0769. The lowest BCUT2D eigenvalue weighted by atomic mass is 10.0. The van der Waals surface area contributed by atoms with Gasteiger partial charge in [0.1, 0.15) is 5.82 Å². The normalized spacial score (nSPS) is 10.4. The number of nitrogens with zero attached hydrogens (tertiary/aromatic N) is 1. The van der Waals surface area contributed by atoms with Gasteiger partial charge in [0.25, 0.3) is 0 Å². The average Bonchev–Trinajstić information content (AvgIpc) is 2.35. The van der Waals surface area contributed by atoms with Gasteiger partial charge in [-0.3, -0.25) is 4.98 Å². The molecule has 0 amide bonds. The molecule has 0 fully saturated rings. The summed E-state index contributed by atoms with van der Waals surface area (Å²) in [5, 5.41) is 9.11. The highest BCUT2D eigenvalue weighted by atomic mass is 35.5. The third kappa shape index (κ3) is 2.19. The molecule has 0 aliphatic heterocycles. The van der Waals surface area contributed by atoms with Gasteiger partial charge in [0.05, 0.1) is 10.6 Å². The fourth-order valence-electron chi connectivity index (χ4n) is 1.61. The lowest BCUT2D eigenvalue weighted by Crippen LogP contribution is -1.98. The van der Waals surface area contributed by atoms with Crippen LogP contribution in [0.4, 0.5) is 4.39 Å². The van der Waals surface area contributed by atoms with Crippen molar-refractivity contribution in [3.8, 4) is 11.1 Å². The number of benzene rings is 1. The van der Waals surface area contributed by atoms with E-state index in [0.717, 1.165) is 0 Å². The summed E-state index contributed by atoms with van der Waals surface area (Å²) in [6, 6.07) is 4.48. The molecule has 2 rings (SSSR count). The van der Waals surface area contributed by atoms with Crippen molar-refractivity contribution in [1.82, 2.24) is 4.98 Å². The number of aryl methyl sites for hydroxylation is 1. The molecule has 3 nitrogen and oxygen atoms in total. The first-order valence-electron chi connectivity index (χ1n) is 5.14. The van der Waals surface area contributed by atoms with Crippen molar-refractivity contribution in [2.45, 2.75) is 6.92 Å². The van der Waals surface area contributed by atoms with Gasteiger partial charge in [0.15, 0.2) is 0 Å². The first kappa shape index (κ1) is 12.5. The summed E-state index contributed by atoms with van der Waals surface area (Å²) in [6.07, 6.45) is 2.59. The molecule has 1 heterocycles. The number of carboxylic acids is 1. The van der Waals surface area contributed by atoms with E-state index in [1.165, 1.54) is 18.5 Å². The van der Waals surface area contributed by atoms with Crippen LogP contribution in [0.5, 0.6) is 0 Å². The van der Waals surface area contributed by atoms with Crippen LogP contribution >= 0.6 is 11.6 Å². The average molecular weight is 266 g/mol. The van der Waals surface area contributed by atoms with Crippen molar-refractivity contribution in [3.05, 3.63) is 52.6 Å². The van der Waals surface area contributed by atoms with Crippen LogP contribution in [-0.2, 0) is 0 Å². The number of carboxylic acid groups (broad SMARTS) is 1. The molecule has 5 heteroatoms. The number of aromatic nitrogens is 1. The minimum atomic E-state index is -1.12. The number of pyridine rings is 1. The molecule has 2 aromatic rings. The van der Waals surface area contributed by atoms with E-state index in [1.807, 2.05) is 0 Å². The number of hydrogen-bond acceptors (Lipinski definition) is 2. The molecule has 0 unspecified atom stereocenters. The van der Waals surface area contributed by atoms with Crippen molar-refractivity contribution >= 4 is 17.6 Å². The van der Waals surface area contributed by atoms with E-state index in [4.69, 9.17) is 16.7 Å². The van der Waals surface area contributed by atoms with Gasteiger partial charge in [0, 0.05) is 23.5 Å². The van der Waals surface area contributed by atoms with Gasteiger partial charge in [-0.15, -0.1) is 0 Å². The van der Waals surface area contributed by atoms with Gasteiger partial charge < -0.3 is 5.11 Å². The smallest absolute Gasteiger partial charge is 0.337 e. The van der Waals surface area contributed by atoms with Crippen molar-refractivity contribution in [3.63, 3.8) is 0 Å². The highest BCUT2D eigenvalue weighted by Gasteiger charge is 2.14. The molecule has 0 saturated carbocycles. The Morgan fingerprint density at radius 3 is 2.78 bits per heavy atom. The molecule has 18 heavy (non-hydrogen) atoms. The van der Waals surface area contributed by atoms with E-state index in [1.54, 1.807) is 19.1 Å². The lowest BCUT2D eigenvalue weighted by Gasteiger charge is -2.08. The third-order valence-corrected chi connectivity index (χ3v) is 2.87. The zero-order chi connectivity index (χ0) is 13.3. The van der Waals surface area contributed by atoms with Crippen molar-refractivity contribution in [2.75, 3.05) is 0 Å². The summed E-state index contributed by atoms with van der Waals surface area (Å²) in [5.41, 5.74) is 0.952. The second-order valence-corrected chi connectivity index (χ2v) is 4.23. The molecule has 0 spiro atoms. The van der Waals surface area contributed by atoms with Crippen LogP contribution < -0.4 is 0 Å². The van der Waals surface area contributed by atoms with Crippen LogP contribution in [0, 0.1) is 12.7 Å². The predicted molar refractivity (Wildman–Crippen MR) is 66.3 cm³/mol. The number of hydrogen-bond donors (Lipinski definition) is 1. The van der Waals surface area contributed by atoms with Gasteiger partial charge >= 0.3 is 5.97 Å². The monoisotopic (exact) mass is 265 g/mol. The predicted octanol–water partition coefficient (Wildman–Crippen LogP) is 3.55. The van der Waals surface area contributed by atoms with Gasteiger partial charge in [0.2, 0.25) is 0 Å². The van der Waals surface area contributed by atoms with Crippen LogP contribution in [0.25, 0.3) is 11.1 Å². The molecular weight excluding hydrogens is 257 g/mol. The SMILES string of the molecule is Cc1ccc(Cl)c(-c2cncc(C(=O)O)c2)c1F. The molecular formula is C13H9ClFNO2. The summed E-state index contributed by atoms with van der Waals surface area (Å²) < 4.78 is 14.0. The molecule has 92 valence electrons. The molecule has 0 bridgehead atoms. The maximum Gasteiger partial charge on any atom is 0.337 e. The largest absolute Gasteiger partial charge is 0.478 e. The van der Waals surface area contributed by atoms with E-state index in [0.29, 0.717) is 11.1 Å². The Balaban J connectivity index is 2.65. The molecule has 0 radical (unpaired) electrons. The zero-order valence-electron chi connectivity index (χ0n) is 9.45. The number of aromatic carboxylic acids is 1. The van der Waals surface area contributed by atoms with E-state index in [9.17, 15) is 9.18 Å². The highest BCUT2D eigenvalue weighted by molar-refractivity contribution is 6.33. The van der Waals surface area contributed by atoms with Gasteiger partial charge in [-0.05, 0) is 24.6 Å². The second kappa shape index (κ2) is 4.74. The van der Waals surface area contributed by atoms with Crippen molar-refractivity contribution in [2.24, 2.45) is 0 Å². The molecule has 0 aliphatic rings. The topological polar surface area (TPSA) is 50.2 Å². The Labute approximate surface area is 108 Å². The summed E-state index contributed by atoms with van der Waals surface area (Å²) in [4.78, 5) is 14.6. The quantitative estimate of drug-likeness (QED) is 0.903. The maximum absolute atomic E-state index is 14.0. The third-order valence-electron chi connectivity index (χ3n) is 2.56. The molecule has 0 aliphatic carbocycles. The molecule has 1 aromatic carbocycles. The van der Waals surface area contributed by atoms with E-state index in [-0.39, 0.29) is 16.1 Å². The minimum Gasteiger partial charge on any atom is -0.478 e. The lowest BCUT2D eigenvalue weighted by molar-refractivity contribution is 0.0696. The highest BCUT2D eigenvalue weighted by Crippen LogP contribution is 2.32. The Hall–Kier alpha value is -1.94. The molecule has 1 N–H and O–H groups in total. The van der Waals surface area contributed by atoms with Crippen LogP contribution in [-0.4, -0.2) is 16.1 Å². The summed E-state index contributed by atoms with van der Waals surface area (Å²) in [5.74, 6) is -1.58. The Morgan fingerprint density at radius 1 is 1.39 bits per heavy atom. The van der Waals surface area contributed by atoms with Crippen LogP contribution in [0.3, 0.4) is 0 Å². The number of carbonyl (C=O) groups is 1. The van der Waals surface area contributed by atoms with Crippen molar-refractivity contribution in [1.29, 1.82) is 0 Å². The van der Waals surface area contributed by atoms with Gasteiger partial charge in [-0.25, -0.2) is 9.18 Å². The maximum atomic E-state index is 14.0. The Bertz CT molecular complexity index is 628. The number of halogens is 2. The Morgan fingerprint density at radius 2 is 2.11 bits per heavy atom. The molecule has 0 atom stereocenters. The molecule has 0 saturated heterocycles. The van der Waals surface area contributed by atoms with Crippen molar-refractivity contribution < 1.29 is 14.3 Å². The fourth-order valence-corrected chi connectivity index (χ4v) is 1.87. The van der Waals surface area contributed by atoms with Crippen LogP contribution in [0.1, 0.15) is 15.9 Å². The van der Waals surface area contributed by atoms with Gasteiger partial charge in [-0.2, -0.15) is 0 Å². The van der Waals surface area contributed by atoms with Gasteiger partial charge in [-0.1, -0.05) is 17.7 Å². The zero-order valence-corrected chi connectivity index (χ0v) is 10.2. The van der Waals surface area contributed by atoms with Crippen LogP contribution in [0.15, 0.2) is 30.6 Å². The summed E-state index contributed by atoms with van der Waals surface area (Å²) >= 11 is 5.95. The van der Waals surface area contributed by atoms with E-state index in [2.05, 4.69) is 4.98 Å². The summed E-state index contributed by atoms with van der Waals surface area (Å²) in [7, 11) is 0. The Kier molecular flexibility index (Phi) is 3.30. The second-order valence-electron chi connectivity index (χ2n) is 3.82. The minimum absolute atomic E-state index is 0.00975. The number of rotatable bonds is 2. The first-order valence-corrected chi connectivity index (χ1v) is 5.52. The standard InChI is InChI=1S/C13H9ClFNO2/c1-7-2-3-10(14)11(12(7)15)8-4-9(13(17)18)6-16-5-8/h2-6H,1H3,(H,17,18). The van der Waals surface area contributed by atoms with E-state index >= 15 is 0 Å². The van der Waals surface area contributed by atoms with E-state index < -0.39 is 11.8 Å².